The standard InChI is InChI=1S/C29H35NO5Si/c1-29(2,3)36(20-14-10-8-11-15-20,21-16-12-9-13-17-21)35-25-22-18-19-23(32-5)26(33-6)24(22)27(31)30(4)28(25)34-7/h8-19,25,28H,1-7H3/t25-,28-/m1/s1. The molecule has 36 heavy (non-hydrogen) atoms. The fraction of sp³-hybridized carbons (Fsp3) is 0.345. The van der Waals surface area contributed by atoms with Gasteiger partial charge in [-0.3, -0.25) is 4.79 Å². The van der Waals surface area contributed by atoms with Crippen molar-refractivity contribution >= 4 is 24.6 Å². The number of hydrogen-bond donors (Lipinski definition) is 0. The summed E-state index contributed by atoms with van der Waals surface area (Å²) in [5.74, 6) is 0.699. The van der Waals surface area contributed by atoms with Gasteiger partial charge in [0.2, 0.25) is 0 Å². The second kappa shape index (κ2) is 10.1. The van der Waals surface area contributed by atoms with Crippen molar-refractivity contribution in [3.63, 3.8) is 0 Å². The summed E-state index contributed by atoms with van der Waals surface area (Å²) in [5, 5.41) is 2.06. The summed E-state index contributed by atoms with van der Waals surface area (Å²) in [4.78, 5) is 15.1. The maximum atomic E-state index is 13.5. The van der Waals surface area contributed by atoms with E-state index in [0.29, 0.717) is 17.1 Å². The third-order valence-corrected chi connectivity index (χ3v) is 12.0. The van der Waals surface area contributed by atoms with Gasteiger partial charge in [-0.2, -0.15) is 0 Å². The van der Waals surface area contributed by atoms with E-state index in [9.17, 15) is 4.79 Å². The number of amides is 1. The van der Waals surface area contributed by atoms with Crippen LogP contribution < -0.4 is 19.8 Å². The molecule has 0 aromatic heterocycles. The molecule has 1 heterocycles. The number of likely N-dealkylation sites (N-methyl/N-ethyl adjacent to an activating group) is 1. The minimum Gasteiger partial charge on any atom is -0.493 e. The molecule has 7 heteroatoms. The van der Waals surface area contributed by atoms with Crippen LogP contribution in [0.2, 0.25) is 5.04 Å². The van der Waals surface area contributed by atoms with Crippen LogP contribution in [0.15, 0.2) is 72.8 Å². The molecule has 3 aromatic carbocycles. The third-order valence-electron chi connectivity index (χ3n) is 7.02. The molecule has 2 atom stereocenters. The maximum absolute atomic E-state index is 13.5. The quantitative estimate of drug-likeness (QED) is 0.446. The van der Waals surface area contributed by atoms with Gasteiger partial charge in [0.05, 0.1) is 19.8 Å². The van der Waals surface area contributed by atoms with Gasteiger partial charge in [0.25, 0.3) is 14.2 Å². The van der Waals surface area contributed by atoms with E-state index in [1.165, 1.54) is 0 Å². The van der Waals surface area contributed by atoms with Crippen LogP contribution in [0.25, 0.3) is 0 Å². The summed E-state index contributed by atoms with van der Waals surface area (Å²) in [6.07, 6.45) is -1.18. The number of rotatable bonds is 7. The fourth-order valence-electron chi connectivity index (χ4n) is 5.33. The van der Waals surface area contributed by atoms with E-state index in [0.717, 1.165) is 15.9 Å². The number of methoxy groups -OCH3 is 3. The smallest absolute Gasteiger partial charge is 0.262 e. The minimum absolute atomic E-state index is 0.199. The molecule has 190 valence electrons. The summed E-state index contributed by atoms with van der Waals surface area (Å²) >= 11 is 0. The van der Waals surface area contributed by atoms with Crippen molar-refractivity contribution in [2.45, 2.75) is 38.1 Å². The molecule has 0 fully saturated rings. The highest BCUT2D eigenvalue weighted by Gasteiger charge is 2.54. The highest BCUT2D eigenvalue weighted by Crippen LogP contribution is 2.46. The van der Waals surface area contributed by atoms with Crippen LogP contribution in [-0.2, 0) is 9.16 Å². The highest BCUT2D eigenvalue weighted by molar-refractivity contribution is 6.99. The molecule has 0 aliphatic carbocycles. The molecule has 0 N–H and O–H groups in total. The first-order chi connectivity index (χ1) is 17.2. The zero-order chi connectivity index (χ0) is 26.1. The lowest BCUT2D eigenvalue weighted by Gasteiger charge is -2.48. The van der Waals surface area contributed by atoms with Gasteiger partial charge in [0.1, 0.15) is 6.10 Å². The second-order valence-electron chi connectivity index (χ2n) is 10.0. The first-order valence-corrected chi connectivity index (χ1v) is 14.0. The van der Waals surface area contributed by atoms with Crippen molar-refractivity contribution in [1.29, 1.82) is 0 Å². The van der Waals surface area contributed by atoms with Gasteiger partial charge < -0.3 is 23.5 Å². The first kappa shape index (κ1) is 25.9. The van der Waals surface area contributed by atoms with E-state index >= 15 is 0 Å². The Morgan fingerprint density at radius 1 is 0.806 bits per heavy atom. The molecule has 0 radical (unpaired) electrons. The Labute approximate surface area is 214 Å². The van der Waals surface area contributed by atoms with Gasteiger partial charge in [-0.15, -0.1) is 0 Å². The zero-order valence-corrected chi connectivity index (χ0v) is 23.1. The van der Waals surface area contributed by atoms with E-state index in [-0.39, 0.29) is 10.9 Å². The normalized spacial score (nSPS) is 18.1. The van der Waals surface area contributed by atoms with Crippen molar-refractivity contribution in [1.82, 2.24) is 4.90 Å². The molecular weight excluding hydrogens is 470 g/mol. The predicted molar refractivity (Wildman–Crippen MR) is 144 cm³/mol. The average Bonchev–Trinajstić information content (AvgIpc) is 2.89. The Balaban J connectivity index is 2.02. The summed E-state index contributed by atoms with van der Waals surface area (Å²) in [6, 6.07) is 24.6. The molecule has 1 aliphatic heterocycles. The Morgan fingerprint density at radius 3 is 1.81 bits per heavy atom. The van der Waals surface area contributed by atoms with Gasteiger partial charge in [-0.05, 0) is 21.5 Å². The van der Waals surface area contributed by atoms with Crippen LogP contribution in [0.1, 0.15) is 42.8 Å². The van der Waals surface area contributed by atoms with Crippen LogP contribution in [0, 0.1) is 0 Å². The minimum atomic E-state index is -2.95. The SMILES string of the molecule is COc1ccc2c(c1OC)C(=O)N(C)[C@H](OC)[C@@H]2O[Si](c1ccccc1)(c1ccccc1)C(C)(C)C. The molecule has 0 bridgehead atoms. The molecule has 0 unspecified atom stereocenters. The number of fused-ring (bicyclic) bond motifs is 1. The van der Waals surface area contributed by atoms with Crippen molar-refractivity contribution in [2.24, 2.45) is 0 Å². The lowest BCUT2D eigenvalue weighted by molar-refractivity contribution is -0.0843. The molecule has 1 amide bonds. The first-order valence-electron chi connectivity index (χ1n) is 12.0. The highest BCUT2D eigenvalue weighted by atomic mass is 28.4. The zero-order valence-electron chi connectivity index (χ0n) is 22.1. The summed E-state index contributed by atoms with van der Waals surface area (Å²) < 4.78 is 24.6. The maximum Gasteiger partial charge on any atom is 0.262 e. The topological polar surface area (TPSA) is 57.2 Å². The largest absolute Gasteiger partial charge is 0.493 e. The van der Waals surface area contributed by atoms with Crippen LogP contribution >= 0.6 is 0 Å². The lowest BCUT2D eigenvalue weighted by Crippen LogP contribution is -2.68. The van der Waals surface area contributed by atoms with Gasteiger partial charge >= 0.3 is 0 Å². The molecule has 0 saturated carbocycles. The predicted octanol–water partition coefficient (Wildman–Crippen LogP) is 4.38. The Morgan fingerprint density at radius 2 is 1.36 bits per heavy atom. The molecule has 6 nitrogen and oxygen atoms in total. The molecule has 1 aliphatic rings. The summed E-state index contributed by atoms with van der Waals surface area (Å²) in [6.45, 7) is 6.69. The molecule has 0 spiro atoms. The number of benzene rings is 3. The van der Waals surface area contributed by atoms with Crippen LogP contribution in [-0.4, -0.2) is 53.7 Å². The average molecular weight is 506 g/mol. The van der Waals surface area contributed by atoms with Crippen molar-refractivity contribution in [3.05, 3.63) is 83.9 Å². The number of nitrogens with zero attached hydrogens (tertiary/aromatic N) is 1. The summed E-state index contributed by atoms with van der Waals surface area (Å²) in [7, 11) is 3.51. The fourth-order valence-corrected chi connectivity index (χ4v) is 9.97. The Kier molecular flexibility index (Phi) is 7.27. The van der Waals surface area contributed by atoms with Gasteiger partial charge in [-0.1, -0.05) is 87.5 Å². The molecule has 3 aromatic rings. The number of hydrogen-bond acceptors (Lipinski definition) is 5. The van der Waals surface area contributed by atoms with Gasteiger partial charge in [0.15, 0.2) is 17.7 Å². The van der Waals surface area contributed by atoms with E-state index < -0.39 is 20.6 Å². The number of carbonyl (C=O) groups is 1. The Bertz CT molecular complexity index is 1170. The number of ether oxygens (including phenoxy) is 3. The molecule has 4 rings (SSSR count). The van der Waals surface area contributed by atoms with E-state index in [1.807, 2.05) is 24.3 Å². The van der Waals surface area contributed by atoms with E-state index in [4.69, 9.17) is 18.6 Å². The van der Waals surface area contributed by atoms with Crippen molar-refractivity contribution in [3.8, 4) is 11.5 Å². The number of carbonyl (C=O) groups excluding carboxylic acids is 1. The molecular formula is C29H35NO5Si. The third kappa shape index (κ3) is 4.11. The van der Waals surface area contributed by atoms with Crippen molar-refractivity contribution < 1.29 is 23.4 Å². The van der Waals surface area contributed by atoms with Crippen LogP contribution in [0.5, 0.6) is 11.5 Å². The second-order valence-corrected chi connectivity index (χ2v) is 14.3. The van der Waals surface area contributed by atoms with Crippen LogP contribution in [0.4, 0.5) is 0 Å². The monoisotopic (exact) mass is 505 g/mol. The van der Waals surface area contributed by atoms with Crippen molar-refractivity contribution in [2.75, 3.05) is 28.4 Å². The van der Waals surface area contributed by atoms with E-state index in [2.05, 4.69) is 69.3 Å². The van der Waals surface area contributed by atoms with E-state index in [1.54, 1.807) is 33.3 Å². The van der Waals surface area contributed by atoms with Gasteiger partial charge in [-0.25, -0.2) is 0 Å². The Hall–Kier alpha value is -3.13. The molecule has 0 saturated heterocycles. The van der Waals surface area contributed by atoms with Gasteiger partial charge in [0, 0.05) is 19.7 Å². The van der Waals surface area contributed by atoms with Crippen LogP contribution in [0.3, 0.4) is 0 Å². The lowest BCUT2D eigenvalue weighted by atomic mass is 9.94. The summed E-state index contributed by atoms with van der Waals surface area (Å²) in [5.41, 5.74) is 1.17.